The van der Waals surface area contributed by atoms with Gasteiger partial charge in [0.15, 0.2) is 0 Å². The van der Waals surface area contributed by atoms with Gasteiger partial charge in [0.2, 0.25) is 0 Å². The molecule has 0 N–H and O–H groups in total. The van der Waals surface area contributed by atoms with Crippen LogP contribution in [0.4, 0.5) is 0 Å². The van der Waals surface area contributed by atoms with Crippen molar-refractivity contribution in [2.24, 2.45) is 5.92 Å². The fraction of sp³-hybridized carbons (Fsp3) is 0.533. The second kappa shape index (κ2) is 6.37. The number of ether oxygens (including phenoxy) is 1. The Balaban J connectivity index is 1.89. The summed E-state index contributed by atoms with van der Waals surface area (Å²) >= 11 is 3.47. The lowest BCUT2D eigenvalue weighted by atomic mass is 9.97. The molecule has 1 saturated carbocycles. The van der Waals surface area contributed by atoms with E-state index >= 15 is 0 Å². The van der Waals surface area contributed by atoms with Crippen LogP contribution in [-0.4, -0.2) is 12.9 Å². The summed E-state index contributed by atoms with van der Waals surface area (Å²) in [6.45, 7) is 0. The fourth-order valence-corrected chi connectivity index (χ4v) is 3.17. The van der Waals surface area contributed by atoms with E-state index in [1.807, 2.05) is 18.2 Å². The molecule has 3 heteroatoms. The van der Waals surface area contributed by atoms with Gasteiger partial charge in [0, 0.05) is 12.3 Å². The Morgan fingerprint density at radius 1 is 1.39 bits per heavy atom. The first kappa shape index (κ1) is 13.6. The molecule has 0 amide bonds. The van der Waals surface area contributed by atoms with E-state index in [0.717, 1.165) is 29.5 Å². The van der Waals surface area contributed by atoms with Crippen LogP contribution in [-0.2, 0) is 11.2 Å². The molecule has 0 aromatic heterocycles. The van der Waals surface area contributed by atoms with E-state index in [9.17, 15) is 4.79 Å². The average Bonchev–Trinajstić information content (AvgIpc) is 2.90. The maximum absolute atomic E-state index is 12.0. The van der Waals surface area contributed by atoms with Crippen LogP contribution >= 0.6 is 15.9 Å². The normalized spacial score (nSPS) is 15.9. The number of hydrogen-bond donors (Lipinski definition) is 0. The highest BCUT2D eigenvalue weighted by Gasteiger charge is 2.21. The van der Waals surface area contributed by atoms with Crippen LogP contribution in [0.3, 0.4) is 0 Å². The number of aryl methyl sites for hydroxylation is 1. The molecule has 1 aromatic rings. The number of hydrogen-bond acceptors (Lipinski definition) is 2. The van der Waals surface area contributed by atoms with Gasteiger partial charge >= 0.3 is 0 Å². The molecular weight excluding hydrogens is 292 g/mol. The Hall–Kier alpha value is -0.830. The molecule has 0 aliphatic heterocycles. The topological polar surface area (TPSA) is 26.3 Å². The zero-order valence-corrected chi connectivity index (χ0v) is 12.3. The van der Waals surface area contributed by atoms with Gasteiger partial charge in [-0.1, -0.05) is 18.9 Å². The summed E-state index contributed by atoms with van der Waals surface area (Å²) in [7, 11) is 1.66. The number of carbonyl (C=O) groups excluding carboxylic acids is 1. The van der Waals surface area contributed by atoms with Crippen molar-refractivity contribution in [3.63, 3.8) is 0 Å². The quantitative estimate of drug-likeness (QED) is 0.816. The Labute approximate surface area is 117 Å². The third kappa shape index (κ3) is 3.35. The van der Waals surface area contributed by atoms with Crippen LogP contribution < -0.4 is 4.74 Å². The molecule has 18 heavy (non-hydrogen) atoms. The number of carbonyl (C=O) groups is 1. The number of ketones is 1. The van der Waals surface area contributed by atoms with Crippen molar-refractivity contribution >= 4 is 21.7 Å². The van der Waals surface area contributed by atoms with Crippen molar-refractivity contribution < 1.29 is 9.53 Å². The summed E-state index contributed by atoms with van der Waals surface area (Å²) in [6.07, 6.45) is 6.16. The smallest absolute Gasteiger partial charge is 0.136 e. The number of rotatable bonds is 5. The minimum absolute atomic E-state index is 0.340. The molecule has 1 aliphatic carbocycles. The monoisotopic (exact) mass is 310 g/mol. The third-order valence-corrected chi connectivity index (χ3v) is 4.31. The van der Waals surface area contributed by atoms with Crippen LogP contribution in [0, 0.1) is 5.92 Å². The summed E-state index contributed by atoms with van der Waals surface area (Å²) in [5.74, 6) is 1.62. The Bertz CT molecular complexity index is 423. The number of methoxy groups -OCH3 is 1. The van der Waals surface area contributed by atoms with Crippen molar-refractivity contribution in [3.05, 3.63) is 28.2 Å². The molecule has 2 nitrogen and oxygen atoms in total. The van der Waals surface area contributed by atoms with Gasteiger partial charge < -0.3 is 4.74 Å². The molecule has 0 spiro atoms. The van der Waals surface area contributed by atoms with E-state index in [0.29, 0.717) is 18.1 Å². The number of halogens is 1. The fourth-order valence-electron chi connectivity index (χ4n) is 2.58. The van der Waals surface area contributed by atoms with Gasteiger partial charge in [0.05, 0.1) is 11.6 Å². The summed E-state index contributed by atoms with van der Waals surface area (Å²) in [4.78, 5) is 12.0. The van der Waals surface area contributed by atoms with Crippen LogP contribution in [0.5, 0.6) is 5.75 Å². The van der Waals surface area contributed by atoms with Crippen LogP contribution in [0.2, 0.25) is 0 Å². The standard InChI is InChI=1S/C15H19BrO2/c1-18-15-9-7-11(10-13(15)16)6-8-14(17)12-4-2-3-5-12/h7,9-10,12H,2-6,8H2,1H3. The second-order valence-electron chi connectivity index (χ2n) is 4.92. The first-order chi connectivity index (χ1) is 8.70. The van der Waals surface area contributed by atoms with Crippen LogP contribution in [0.1, 0.15) is 37.7 Å². The van der Waals surface area contributed by atoms with Gasteiger partial charge in [-0.25, -0.2) is 0 Å². The minimum atomic E-state index is 0.340. The first-order valence-corrected chi connectivity index (χ1v) is 7.35. The minimum Gasteiger partial charge on any atom is -0.496 e. The van der Waals surface area contributed by atoms with Crippen molar-refractivity contribution in [1.82, 2.24) is 0 Å². The predicted molar refractivity (Wildman–Crippen MR) is 76.0 cm³/mol. The lowest BCUT2D eigenvalue weighted by Gasteiger charge is -2.09. The molecule has 0 saturated heterocycles. The first-order valence-electron chi connectivity index (χ1n) is 6.56. The van der Waals surface area contributed by atoms with Crippen LogP contribution in [0.25, 0.3) is 0 Å². The van der Waals surface area contributed by atoms with Gasteiger partial charge in [-0.3, -0.25) is 4.79 Å². The highest BCUT2D eigenvalue weighted by molar-refractivity contribution is 9.10. The highest BCUT2D eigenvalue weighted by atomic mass is 79.9. The van der Waals surface area contributed by atoms with Gasteiger partial charge in [0.1, 0.15) is 11.5 Å². The molecule has 1 aromatic carbocycles. The molecule has 2 rings (SSSR count). The number of benzene rings is 1. The van der Waals surface area contributed by atoms with Crippen molar-refractivity contribution in [1.29, 1.82) is 0 Å². The zero-order valence-electron chi connectivity index (χ0n) is 10.7. The van der Waals surface area contributed by atoms with E-state index in [1.165, 1.54) is 18.4 Å². The average molecular weight is 311 g/mol. The van der Waals surface area contributed by atoms with Crippen molar-refractivity contribution in [2.45, 2.75) is 38.5 Å². The maximum Gasteiger partial charge on any atom is 0.136 e. The third-order valence-electron chi connectivity index (χ3n) is 3.69. The summed E-state index contributed by atoms with van der Waals surface area (Å²) < 4.78 is 6.15. The molecule has 0 bridgehead atoms. The molecule has 0 atom stereocenters. The Morgan fingerprint density at radius 2 is 2.11 bits per heavy atom. The Kier molecular flexibility index (Phi) is 4.81. The molecule has 0 radical (unpaired) electrons. The highest BCUT2D eigenvalue weighted by Crippen LogP contribution is 2.28. The van der Waals surface area contributed by atoms with E-state index in [4.69, 9.17) is 4.74 Å². The molecular formula is C15H19BrO2. The molecule has 0 heterocycles. The van der Waals surface area contributed by atoms with E-state index < -0.39 is 0 Å². The molecule has 98 valence electrons. The lowest BCUT2D eigenvalue weighted by molar-refractivity contribution is -0.122. The molecule has 1 fully saturated rings. The second-order valence-corrected chi connectivity index (χ2v) is 5.77. The number of Topliss-reactive ketones (excluding diaryl/α,β-unsaturated/α-hetero) is 1. The lowest BCUT2D eigenvalue weighted by Crippen LogP contribution is -2.11. The summed E-state index contributed by atoms with van der Waals surface area (Å²) in [5.41, 5.74) is 1.19. The molecule has 1 aliphatic rings. The summed E-state index contributed by atoms with van der Waals surface area (Å²) in [6, 6.07) is 6.02. The predicted octanol–water partition coefficient (Wildman–Crippen LogP) is 4.15. The van der Waals surface area contributed by atoms with Crippen molar-refractivity contribution in [3.8, 4) is 5.75 Å². The SMILES string of the molecule is COc1ccc(CCC(=O)C2CCCC2)cc1Br. The van der Waals surface area contributed by atoms with Gasteiger partial charge in [-0.15, -0.1) is 0 Å². The van der Waals surface area contributed by atoms with Crippen LogP contribution in [0.15, 0.2) is 22.7 Å². The van der Waals surface area contributed by atoms with E-state index in [1.54, 1.807) is 7.11 Å². The maximum atomic E-state index is 12.0. The van der Waals surface area contributed by atoms with Gasteiger partial charge in [-0.05, 0) is 52.9 Å². The van der Waals surface area contributed by atoms with Gasteiger partial charge in [-0.2, -0.15) is 0 Å². The van der Waals surface area contributed by atoms with E-state index in [-0.39, 0.29) is 0 Å². The Morgan fingerprint density at radius 3 is 2.72 bits per heavy atom. The molecule has 0 unspecified atom stereocenters. The zero-order chi connectivity index (χ0) is 13.0. The van der Waals surface area contributed by atoms with E-state index in [2.05, 4.69) is 15.9 Å². The van der Waals surface area contributed by atoms with Gasteiger partial charge in [0.25, 0.3) is 0 Å². The largest absolute Gasteiger partial charge is 0.496 e. The summed E-state index contributed by atoms with van der Waals surface area (Å²) in [5, 5.41) is 0. The van der Waals surface area contributed by atoms with Crippen molar-refractivity contribution in [2.75, 3.05) is 7.11 Å².